The van der Waals surface area contributed by atoms with E-state index < -0.39 is 0 Å². The van der Waals surface area contributed by atoms with Crippen LogP contribution in [0.5, 0.6) is 0 Å². The quantitative estimate of drug-likeness (QED) is 0.880. The van der Waals surface area contributed by atoms with Crippen molar-refractivity contribution >= 4 is 30.7 Å². The second kappa shape index (κ2) is 8.35. The number of rotatable bonds is 2. The van der Waals surface area contributed by atoms with E-state index in [0.29, 0.717) is 11.7 Å². The molecule has 6 heteroatoms. The molecule has 1 amide bonds. The van der Waals surface area contributed by atoms with Gasteiger partial charge in [-0.3, -0.25) is 4.79 Å². The van der Waals surface area contributed by atoms with Crippen molar-refractivity contribution in [3.63, 3.8) is 0 Å². The zero-order valence-electron chi connectivity index (χ0n) is 11.2. The minimum atomic E-state index is -0.0622. The van der Waals surface area contributed by atoms with Gasteiger partial charge in [-0.25, -0.2) is 4.98 Å². The Hall–Kier alpha value is -0.840. The molecular weight excluding hydrogens is 285 g/mol. The van der Waals surface area contributed by atoms with Gasteiger partial charge < -0.3 is 10.6 Å². The number of carbonyl (C=O) groups excluding carboxylic acids is 1. The molecule has 2 heterocycles. The van der Waals surface area contributed by atoms with Gasteiger partial charge in [-0.1, -0.05) is 6.07 Å². The van der Waals surface area contributed by atoms with E-state index in [1.165, 1.54) is 0 Å². The second-order valence-electron chi connectivity index (χ2n) is 4.71. The number of hydrogen-bond acceptors (Lipinski definition) is 3. The van der Waals surface area contributed by atoms with Crippen LogP contribution in [0, 0.1) is 6.92 Å². The molecule has 1 aliphatic heterocycles. The highest BCUT2D eigenvalue weighted by atomic mass is 35.5. The lowest BCUT2D eigenvalue weighted by Gasteiger charge is -2.28. The standard InChI is InChI=1S/C13H19N3O.2ClH/c1-9-4-3-5-12(15-9)13(17)16-11-6-7-14-10(2)8-11;;/h3-5,10-11,14H,6-8H2,1-2H3,(H,16,17);2*1H. The Labute approximate surface area is 126 Å². The molecule has 2 N–H and O–H groups in total. The number of carbonyl (C=O) groups is 1. The van der Waals surface area contributed by atoms with Gasteiger partial charge in [-0.15, -0.1) is 24.8 Å². The number of piperidine rings is 1. The van der Waals surface area contributed by atoms with Gasteiger partial charge in [-0.2, -0.15) is 0 Å². The van der Waals surface area contributed by atoms with Crippen molar-refractivity contribution in [2.45, 2.75) is 38.8 Å². The molecule has 1 saturated heterocycles. The van der Waals surface area contributed by atoms with E-state index in [1.54, 1.807) is 6.07 Å². The predicted octanol–water partition coefficient (Wildman–Crippen LogP) is 2.10. The fourth-order valence-corrected chi connectivity index (χ4v) is 2.19. The summed E-state index contributed by atoms with van der Waals surface area (Å²) in [6.07, 6.45) is 1.97. The average Bonchev–Trinajstić information content (AvgIpc) is 2.29. The summed E-state index contributed by atoms with van der Waals surface area (Å²) in [6, 6.07) is 6.25. The Morgan fingerprint density at radius 1 is 1.42 bits per heavy atom. The van der Waals surface area contributed by atoms with Crippen LogP contribution in [-0.2, 0) is 0 Å². The highest BCUT2D eigenvalue weighted by Crippen LogP contribution is 2.09. The Bertz CT molecular complexity index is 415. The molecule has 1 aliphatic rings. The lowest BCUT2D eigenvalue weighted by Crippen LogP contribution is -2.46. The van der Waals surface area contributed by atoms with E-state index in [1.807, 2.05) is 19.1 Å². The van der Waals surface area contributed by atoms with Crippen LogP contribution in [0.15, 0.2) is 18.2 Å². The number of aromatic nitrogens is 1. The summed E-state index contributed by atoms with van der Waals surface area (Å²) in [5.74, 6) is -0.0622. The fraction of sp³-hybridized carbons (Fsp3) is 0.538. The zero-order chi connectivity index (χ0) is 12.3. The molecule has 0 saturated carbocycles. The van der Waals surface area contributed by atoms with Gasteiger partial charge in [0.25, 0.3) is 5.91 Å². The molecule has 1 aromatic heterocycles. The third-order valence-electron chi connectivity index (χ3n) is 3.08. The van der Waals surface area contributed by atoms with Crippen molar-refractivity contribution in [1.82, 2.24) is 15.6 Å². The van der Waals surface area contributed by atoms with Gasteiger partial charge in [-0.05, 0) is 45.4 Å². The molecule has 4 nitrogen and oxygen atoms in total. The summed E-state index contributed by atoms with van der Waals surface area (Å²) in [6.45, 7) is 5.00. The van der Waals surface area contributed by atoms with Crippen LogP contribution in [0.25, 0.3) is 0 Å². The molecule has 108 valence electrons. The van der Waals surface area contributed by atoms with Crippen molar-refractivity contribution < 1.29 is 4.79 Å². The number of aryl methyl sites for hydroxylation is 1. The van der Waals surface area contributed by atoms with Crippen molar-refractivity contribution in [2.75, 3.05) is 6.54 Å². The molecule has 0 aliphatic carbocycles. The number of nitrogens with zero attached hydrogens (tertiary/aromatic N) is 1. The van der Waals surface area contributed by atoms with Crippen LogP contribution >= 0.6 is 24.8 Å². The molecule has 2 atom stereocenters. The van der Waals surface area contributed by atoms with E-state index in [0.717, 1.165) is 25.1 Å². The summed E-state index contributed by atoms with van der Waals surface area (Å²) in [5.41, 5.74) is 1.38. The number of hydrogen-bond donors (Lipinski definition) is 2. The van der Waals surface area contributed by atoms with Crippen LogP contribution in [0.1, 0.15) is 35.9 Å². The van der Waals surface area contributed by atoms with Gasteiger partial charge in [0.05, 0.1) is 0 Å². The van der Waals surface area contributed by atoms with Gasteiger partial charge >= 0.3 is 0 Å². The van der Waals surface area contributed by atoms with Gasteiger partial charge in [0.2, 0.25) is 0 Å². The molecule has 0 aromatic carbocycles. The first-order valence-corrected chi connectivity index (χ1v) is 6.13. The summed E-state index contributed by atoms with van der Waals surface area (Å²) in [5, 5.41) is 6.42. The molecular formula is C13H21Cl2N3O. The van der Waals surface area contributed by atoms with Crippen LogP contribution in [0.2, 0.25) is 0 Å². The Morgan fingerprint density at radius 3 is 2.79 bits per heavy atom. The van der Waals surface area contributed by atoms with Crippen molar-refractivity contribution in [1.29, 1.82) is 0 Å². The minimum Gasteiger partial charge on any atom is -0.348 e. The maximum atomic E-state index is 12.0. The van der Waals surface area contributed by atoms with E-state index in [-0.39, 0.29) is 36.8 Å². The highest BCUT2D eigenvalue weighted by Gasteiger charge is 2.20. The number of amides is 1. The zero-order valence-corrected chi connectivity index (χ0v) is 12.8. The molecule has 1 fully saturated rings. The van der Waals surface area contributed by atoms with E-state index in [2.05, 4.69) is 22.5 Å². The van der Waals surface area contributed by atoms with Gasteiger partial charge in [0.15, 0.2) is 0 Å². The Balaban J connectivity index is 0.00000162. The Kier molecular flexibility index (Phi) is 7.99. The second-order valence-corrected chi connectivity index (χ2v) is 4.71. The first-order valence-electron chi connectivity index (χ1n) is 6.13. The van der Waals surface area contributed by atoms with Crippen LogP contribution in [-0.4, -0.2) is 29.5 Å². The summed E-state index contributed by atoms with van der Waals surface area (Å²) in [7, 11) is 0. The topological polar surface area (TPSA) is 54.0 Å². The van der Waals surface area contributed by atoms with Gasteiger partial charge in [0.1, 0.15) is 5.69 Å². The molecule has 19 heavy (non-hydrogen) atoms. The largest absolute Gasteiger partial charge is 0.348 e. The molecule has 1 aromatic rings. The first-order chi connectivity index (χ1) is 8.15. The van der Waals surface area contributed by atoms with Crippen molar-refractivity contribution in [3.05, 3.63) is 29.6 Å². The minimum absolute atomic E-state index is 0. The van der Waals surface area contributed by atoms with Gasteiger partial charge in [0, 0.05) is 17.8 Å². The normalized spacial score (nSPS) is 21.8. The SMILES string of the molecule is Cc1cccc(C(=O)NC2CCNC(C)C2)n1.Cl.Cl. The van der Waals surface area contributed by atoms with Crippen molar-refractivity contribution in [2.24, 2.45) is 0 Å². The molecule has 0 radical (unpaired) electrons. The molecule has 2 rings (SSSR count). The average molecular weight is 306 g/mol. The highest BCUT2D eigenvalue weighted by molar-refractivity contribution is 5.92. The summed E-state index contributed by atoms with van der Waals surface area (Å²) >= 11 is 0. The predicted molar refractivity (Wildman–Crippen MR) is 81.4 cm³/mol. The summed E-state index contributed by atoms with van der Waals surface area (Å²) < 4.78 is 0. The van der Waals surface area contributed by atoms with Crippen LogP contribution in [0.3, 0.4) is 0 Å². The van der Waals surface area contributed by atoms with Crippen LogP contribution < -0.4 is 10.6 Å². The number of nitrogens with one attached hydrogen (secondary N) is 2. The van der Waals surface area contributed by atoms with E-state index in [4.69, 9.17) is 0 Å². The van der Waals surface area contributed by atoms with Crippen LogP contribution in [0.4, 0.5) is 0 Å². The molecule has 2 unspecified atom stereocenters. The third kappa shape index (κ3) is 5.35. The molecule has 0 bridgehead atoms. The van der Waals surface area contributed by atoms with E-state index in [9.17, 15) is 4.79 Å². The number of halogens is 2. The summed E-state index contributed by atoms with van der Waals surface area (Å²) in [4.78, 5) is 16.2. The third-order valence-corrected chi connectivity index (χ3v) is 3.08. The maximum Gasteiger partial charge on any atom is 0.270 e. The fourth-order valence-electron chi connectivity index (χ4n) is 2.19. The molecule has 0 spiro atoms. The smallest absolute Gasteiger partial charge is 0.270 e. The Morgan fingerprint density at radius 2 is 2.16 bits per heavy atom. The lowest BCUT2D eigenvalue weighted by atomic mass is 10.0. The first kappa shape index (κ1) is 18.2. The van der Waals surface area contributed by atoms with E-state index >= 15 is 0 Å². The van der Waals surface area contributed by atoms with Crippen molar-refractivity contribution in [3.8, 4) is 0 Å². The lowest BCUT2D eigenvalue weighted by molar-refractivity contribution is 0.0920. The monoisotopic (exact) mass is 305 g/mol. The maximum absolute atomic E-state index is 12.0. The number of pyridine rings is 1.